The van der Waals surface area contributed by atoms with Gasteiger partial charge < -0.3 is 21.3 Å². The minimum atomic E-state index is -0.768. The van der Waals surface area contributed by atoms with Gasteiger partial charge in [0.25, 0.3) is 0 Å². The van der Waals surface area contributed by atoms with Gasteiger partial charge in [-0.15, -0.1) is 11.3 Å². The van der Waals surface area contributed by atoms with Crippen LogP contribution in [0.15, 0.2) is 41.8 Å². The van der Waals surface area contributed by atoms with E-state index in [-0.39, 0.29) is 6.04 Å². The van der Waals surface area contributed by atoms with E-state index in [4.69, 9.17) is 5.73 Å². The zero-order valence-corrected chi connectivity index (χ0v) is 14.8. The maximum atomic E-state index is 12.0. The van der Waals surface area contributed by atoms with Crippen molar-refractivity contribution in [2.45, 2.75) is 6.04 Å². The van der Waals surface area contributed by atoms with E-state index in [0.717, 1.165) is 4.88 Å². The summed E-state index contributed by atoms with van der Waals surface area (Å²) in [7, 11) is 3.83. The van der Waals surface area contributed by atoms with Crippen LogP contribution in [0, 0.1) is 0 Å². The first kappa shape index (κ1) is 18.6. The summed E-state index contributed by atoms with van der Waals surface area (Å²) >= 11 is 1.59. The number of thiophene rings is 1. The highest BCUT2D eigenvalue weighted by molar-refractivity contribution is 7.10. The van der Waals surface area contributed by atoms with Crippen LogP contribution in [0.4, 0.5) is 5.69 Å². The number of carbonyl (C=O) groups excluding carboxylic acids is 3. The fourth-order valence-corrected chi connectivity index (χ4v) is 3.12. The zero-order chi connectivity index (χ0) is 18.4. The van der Waals surface area contributed by atoms with Crippen LogP contribution in [0.2, 0.25) is 0 Å². The zero-order valence-electron chi connectivity index (χ0n) is 14.0. The van der Waals surface area contributed by atoms with Crippen molar-refractivity contribution in [1.82, 2.24) is 10.2 Å². The smallest absolute Gasteiger partial charge is 0.313 e. The van der Waals surface area contributed by atoms with Crippen molar-refractivity contribution in [3.05, 3.63) is 52.2 Å². The van der Waals surface area contributed by atoms with Crippen molar-refractivity contribution in [2.24, 2.45) is 5.73 Å². The van der Waals surface area contributed by atoms with E-state index < -0.39 is 17.7 Å². The largest absolute Gasteiger partial charge is 0.366 e. The van der Waals surface area contributed by atoms with Crippen molar-refractivity contribution in [2.75, 3.05) is 26.0 Å². The summed E-state index contributed by atoms with van der Waals surface area (Å²) in [5.74, 6) is -2.04. The lowest BCUT2D eigenvalue weighted by Gasteiger charge is -2.23. The fraction of sp³-hybridized carbons (Fsp3) is 0.235. The molecule has 0 unspecified atom stereocenters. The first-order valence-corrected chi connectivity index (χ1v) is 8.45. The monoisotopic (exact) mass is 360 g/mol. The van der Waals surface area contributed by atoms with E-state index in [1.54, 1.807) is 11.3 Å². The highest BCUT2D eigenvalue weighted by Crippen LogP contribution is 2.22. The molecule has 1 heterocycles. The van der Waals surface area contributed by atoms with Gasteiger partial charge in [-0.25, -0.2) is 0 Å². The Bertz CT molecular complexity index is 742. The average molecular weight is 360 g/mol. The summed E-state index contributed by atoms with van der Waals surface area (Å²) in [5.41, 5.74) is 5.89. The van der Waals surface area contributed by atoms with E-state index in [1.807, 2.05) is 36.5 Å². The average Bonchev–Trinajstić information content (AvgIpc) is 3.09. The van der Waals surface area contributed by atoms with Crippen molar-refractivity contribution < 1.29 is 14.4 Å². The fourth-order valence-electron chi connectivity index (χ4n) is 2.19. The summed E-state index contributed by atoms with van der Waals surface area (Å²) in [6.45, 7) is 0.320. The Balaban J connectivity index is 1.91. The maximum absolute atomic E-state index is 12.0. The third kappa shape index (κ3) is 5.13. The van der Waals surface area contributed by atoms with Crippen LogP contribution in [0.5, 0.6) is 0 Å². The van der Waals surface area contributed by atoms with Crippen LogP contribution in [-0.4, -0.2) is 43.3 Å². The Labute approximate surface area is 149 Å². The molecule has 0 spiro atoms. The van der Waals surface area contributed by atoms with Gasteiger partial charge in [-0.1, -0.05) is 6.07 Å². The number of carbonyl (C=O) groups is 3. The first-order chi connectivity index (χ1) is 11.9. The third-order valence-electron chi connectivity index (χ3n) is 3.58. The molecule has 0 saturated heterocycles. The van der Waals surface area contributed by atoms with Gasteiger partial charge in [0, 0.05) is 22.7 Å². The molecule has 0 fully saturated rings. The lowest BCUT2D eigenvalue weighted by Crippen LogP contribution is -2.40. The summed E-state index contributed by atoms with van der Waals surface area (Å²) in [6.07, 6.45) is 0. The molecule has 0 aliphatic heterocycles. The number of hydrogen-bond donors (Lipinski definition) is 3. The quantitative estimate of drug-likeness (QED) is 0.673. The number of hydrogen-bond acceptors (Lipinski definition) is 5. The van der Waals surface area contributed by atoms with E-state index in [1.165, 1.54) is 24.3 Å². The molecule has 0 radical (unpaired) electrons. The second-order valence-corrected chi connectivity index (χ2v) is 6.58. The predicted molar refractivity (Wildman–Crippen MR) is 97.3 cm³/mol. The number of anilines is 1. The Hall–Kier alpha value is -2.71. The number of rotatable bonds is 6. The molecule has 8 heteroatoms. The molecule has 0 bridgehead atoms. The lowest BCUT2D eigenvalue weighted by atomic mass is 10.2. The summed E-state index contributed by atoms with van der Waals surface area (Å²) in [6, 6.07) is 9.91. The number of amides is 3. The van der Waals surface area contributed by atoms with Crippen LogP contribution < -0.4 is 16.4 Å². The molecule has 1 aromatic heterocycles. The van der Waals surface area contributed by atoms with Gasteiger partial charge in [0.1, 0.15) is 0 Å². The highest BCUT2D eigenvalue weighted by Gasteiger charge is 2.19. The van der Waals surface area contributed by atoms with Crippen molar-refractivity contribution in [1.29, 1.82) is 0 Å². The van der Waals surface area contributed by atoms with E-state index in [2.05, 4.69) is 10.6 Å². The van der Waals surface area contributed by atoms with E-state index in [9.17, 15) is 14.4 Å². The molecule has 0 aliphatic rings. The van der Waals surface area contributed by atoms with Crippen molar-refractivity contribution >= 4 is 34.7 Å². The number of likely N-dealkylation sites (N-methyl/N-ethyl adjacent to an activating group) is 1. The maximum Gasteiger partial charge on any atom is 0.313 e. The summed E-state index contributed by atoms with van der Waals surface area (Å²) in [5, 5.41) is 7.09. The van der Waals surface area contributed by atoms with Crippen LogP contribution >= 0.6 is 11.3 Å². The number of benzene rings is 1. The molecule has 3 amide bonds. The Morgan fingerprint density at radius 2 is 1.80 bits per heavy atom. The lowest BCUT2D eigenvalue weighted by molar-refractivity contribution is -0.136. The minimum absolute atomic E-state index is 0.00778. The van der Waals surface area contributed by atoms with Crippen LogP contribution in [0.3, 0.4) is 0 Å². The van der Waals surface area contributed by atoms with Crippen LogP contribution in [0.25, 0.3) is 0 Å². The Morgan fingerprint density at radius 3 is 2.32 bits per heavy atom. The van der Waals surface area contributed by atoms with Crippen molar-refractivity contribution in [3.8, 4) is 0 Å². The predicted octanol–water partition coefficient (Wildman–Crippen LogP) is 1.20. The molecule has 132 valence electrons. The number of nitrogens with two attached hydrogens (primary N) is 1. The normalized spacial score (nSPS) is 11.8. The highest BCUT2D eigenvalue weighted by atomic mass is 32.1. The molecule has 25 heavy (non-hydrogen) atoms. The summed E-state index contributed by atoms with van der Waals surface area (Å²) < 4.78 is 0. The standard InChI is InChI=1S/C17H20N4O3S/c1-21(2)13(14-4-3-9-25-14)10-19-16(23)17(24)20-12-7-5-11(6-8-12)15(18)22/h3-9,13H,10H2,1-2H3,(H2,18,22)(H,19,23)(H,20,24)/t13-/m0/s1. The van der Waals surface area contributed by atoms with Gasteiger partial charge in [-0.2, -0.15) is 0 Å². The minimum Gasteiger partial charge on any atom is -0.366 e. The van der Waals surface area contributed by atoms with Crippen LogP contribution in [-0.2, 0) is 9.59 Å². The van der Waals surface area contributed by atoms with Gasteiger partial charge in [0.15, 0.2) is 0 Å². The third-order valence-corrected chi connectivity index (χ3v) is 4.56. The van der Waals surface area contributed by atoms with E-state index in [0.29, 0.717) is 17.8 Å². The van der Waals surface area contributed by atoms with Gasteiger partial charge in [0.2, 0.25) is 5.91 Å². The molecule has 4 N–H and O–H groups in total. The molecule has 2 rings (SSSR count). The number of nitrogens with zero attached hydrogens (tertiary/aromatic N) is 1. The molecular formula is C17H20N4O3S. The molecule has 0 saturated carbocycles. The van der Waals surface area contributed by atoms with Gasteiger partial charge >= 0.3 is 11.8 Å². The Kier molecular flexibility index (Phi) is 6.26. The molecule has 1 aromatic carbocycles. The molecule has 1 atom stereocenters. The van der Waals surface area contributed by atoms with Crippen molar-refractivity contribution in [3.63, 3.8) is 0 Å². The van der Waals surface area contributed by atoms with Crippen LogP contribution in [0.1, 0.15) is 21.3 Å². The first-order valence-electron chi connectivity index (χ1n) is 7.57. The second kappa shape index (κ2) is 8.41. The number of primary amides is 1. The SMILES string of the molecule is CN(C)[C@@H](CNC(=O)C(=O)Nc1ccc(C(N)=O)cc1)c1cccs1. The molecule has 7 nitrogen and oxygen atoms in total. The van der Waals surface area contributed by atoms with Gasteiger partial charge in [-0.05, 0) is 49.8 Å². The van der Waals surface area contributed by atoms with Gasteiger partial charge in [-0.3, -0.25) is 14.4 Å². The molecule has 2 aromatic rings. The summed E-state index contributed by atoms with van der Waals surface area (Å²) in [4.78, 5) is 38.1. The molecule has 0 aliphatic carbocycles. The van der Waals surface area contributed by atoms with Gasteiger partial charge in [0.05, 0.1) is 6.04 Å². The van der Waals surface area contributed by atoms with E-state index >= 15 is 0 Å². The topological polar surface area (TPSA) is 105 Å². The number of nitrogens with one attached hydrogen (secondary N) is 2. The Morgan fingerprint density at radius 1 is 1.12 bits per heavy atom. The second-order valence-electron chi connectivity index (χ2n) is 5.60. The molecular weight excluding hydrogens is 340 g/mol.